The van der Waals surface area contributed by atoms with Crippen LogP contribution in [0.25, 0.3) is 0 Å². The van der Waals surface area contributed by atoms with E-state index in [4.69, 9.17) is 19.5 Å². The fourth-order valence-electron chi connectivity index (χ4n) is 1.97. The number of carboxylic acid groups (broad SMARTS) is 2. The van der Waals surface area contributed by atoms with E-state index in [0.29, 0.717) is 7.69 Å². The summed E-state index contributed by atoms with van der Waals surface area (Å²) < 4.78 is 9.97. The van der Waals surface area contributed by atoms with Crippen molar-refractivity contribution in [1.29, 1.82) is 0 Å². The topological polar surface area (TPSA) is 179 Å². The lowest BCUT2D eigenvalue weighted by Crippen LogP contribution is -2.12. The predicted octanol–water partition coefficient (Wildman–Crippen LogP) is 1.89. The molecule has 0 aromatic heterocycles. The fraction of sp³-hybridized carbons (Fsp3) is 0. The number of rotatable bonds is 8. The summed E-state index contributed by atoms with van der Waals surface area (Å²) in [7, 11) is 0.693. The van der Waals surface area contributed by atoms with Gasteiger partial charge in [0.05, 0.1) is 22.0 Å². The molecule has 12 nitrogen and oxygen atoms in total. The van der Waals surface area contributed by atoms with Crippen LogP contribution in [0.4, 0.5) is 11.4 Å². The van der Waals surface area contributed by atoms with Crippen LogP contribution in [0.5, 0.6) is 11.5 Å². The van der Waals surface area contributed by atoms with E-state index in [1.165, 1.54) is 0 Å². The molecule has 0 saturated heterocycles. The zero-order valence-electron chi connectivity index (χ0n) is 13.1. The van der Waals surface area contributed by atoms with Gasteiger partial charge < -0.3 is 19.5 Å². The summed E-state index contributed by atoms with van der Waals surface area (Å²) in [6.45, 7) is 0. The van der Waals surface area contributed by atoms with E-state index < -0.39 is 44.3 Å². The average Bonchev–Trinajstić information content (AvgIpc) is 2.61. The van der Waals surface area contributed by atoms with Gasteiger partial charge >= 0.3 is 19.6 Å². The van der Waals surface area contributed by atoms with Crippen LogP contribution < -0.4 is 9.31 Å². The van der Waals surface area contributed by atoms with Crippen molar-refractivity contribution in [2.75, 3.05) is 0 Å². The summed E-state index contributed by atoms with van der Waals surface area (Å²) in [5, 5.41) is 39.6. The van der Waals surface area contributed by atoms with Crippen molar-refractivity contribution in [1.82, 2.24) is 0 Å². The molecule has 2 rings (SSSR count). The Morgan fingerprint density at radius 1 is 0.815 bits per heavy atom. The minimum atomic E-state index is -1.49. The summed E-state index contributed by atoms with van der Waals surface area (Å²) in [4.78, 5) is 41.8. The van der Waals surface area contributed by atoms with E-state index in [1.54, 1.807) is 0 Å². The Kier molecular flexibility index (Phi) is 5.55. The van der Waals surface area contributed by atoms with Gasteiger partial charge in [-0.25, -0.2) is 9.59 Å². The van der Waals surface area contributed by atoms with Crippen LogP contribution in [0.15, 0.2) is 36.4 Å². The van der Waals surface area contributed by atoms with Gasteiger partial charge in [0.15, 0.2) is 0 Å². The first kappa shape index (κ1) is 19.2. The Bertz CT molecular complexity index is 870. The lowest BCUT2D eigenvalue weighted by molar-refractivity contribution is -0.385. The lowest BCUT2D eigenvalue weighted by Gasteiger charge is -2.08. The zero-order valence-corrected chi connectivity index (χ0v) is 13.1. The van der Waals surface area contributed by atoms with Crippen molar-refractivity contribution in [3.63, 3.8) is 0 Å². The number of carboxylic acids is 2. The van der Waals surface area contributed by atoms with Gasteiger partial charge in [0.2, 0.25) is 0 Å². The highest BCUT2D eigenvalue weighted by atomic mass is 16.6. The third-order valence-electron chi connectivity index (χ3n) is 3.16. The van der Waals surface area contributed by atoms with E-state index in [9.17, 15) is 29.8 Å². The number of nitrogens with zero attached hydrogens (tertiary/aromatic N) is 2. The molecule has 0 aliphatic rings. The van der Waals surface area contributed by atoms with Gasteiger partial charge in [-0.2, -0.15) is 0 Å². The molecular weight excluding hydrogens is 367 g/mol. The fourth-order valence-corrected chi connectivity index (χ4v) is 1.97. The number of benzene rings is 2. The van der Waals surface area contributed by atoms with Crippen LogP contribution in [-0.4, -0.2) is 39.7 Å². The quantitative estimate of drug-likeness (QED) is 0.393. The van der Waals surface area contributed by atoms with Crippen molar-refractivity contribution >= 4 is 31.0 Å². The standard InChI is InChI=1S/C14H8BN2O10/c18-13(19)9-3-1-7(5-11(9)16(22)23)26-15-27-8-2-4-10(14(20)21)12(6-8)17(24)25/h1-6H,(H,18,19)(H,20,21). The molecule has 13 heteroatoms. The largest absolute Gasteiger partial charge is 0.658 e. The van der Waals surface area contributed by atoms with Crippen molar-refractivity contribution in [3.8, 4) is 11.5 Å². The Hall–Kier alpha value is -4.16. The maximum atomic E-state index is 10.9. The predicted molar refractivity (Wildman–Crippen MR) is 87.1 cm³/mol. The molecule has 0 unspecified atom stereocenters. The van der Waals surface area contributed by atoms with Crippen LogP contribution in [0.2, 0.25) is 0 Å². The highest BCUT2D eigenvalue weighted by Crippen LogP contribution is 2.26. The molecule has 0 aliphatic carbocycles. The van der Waals surface area contributed by atoms with E-state index in [0.717, 1.165) is 36.4 Å². The summed E-state index contributed by atoms with van der Waals surface area (Å²) in [5.74, 6) is -3.22. The maximum Gasteiger partial charge on any atom is 0.658 e. The van der Waals surface area contributed by atoms with Crippen molar-refractivity contribution in [3.05, 3.63) is 67.8 Å². The summed E-state index contributed by atoms with van der Waals surface area (Å²) >= 11 is 0. The molecule has 2 aromatic rings. The molecule has 27 heavy (non-hydrogen) atoms. The molecule has 2 N–H and O–H groups in total. The molecule has 137 valence electrons. The van der Waals surface area contributed by atoms with E-state index in [1.807, 2.05) is 0 Å². The number of aromatic carboxylic acids is 2. The second-order valence-corrected chi connectivity index (χ2v) is 4.81. The number of carbonyl (C=O) groups is 2. The third-order valence-corrected chi connectivity index (χ3v) is 3.16. The first-order valence-corrected chi connectivity index (χ1v) is 6.89. The van der Waals surface area contributed by atoms with Gasteiger partial charge in [-0.05, 0) is 24.3 Å². The minimum absolute atomic E-state index is 0.122. The molecule has 0 bridgehead atoms. The monoisotopic (exact) mass is 375 g/mol. The molecule has 2 aromatic carbocycles. The lowest BCUT2D eigenvalue weighted by atomic mass is 10.1. The third kappa shape index (κ3) is 4.48. The average molecular weight is 375 g/mol. The van der Waals surface area contributed by atoms with Crippen LogP contribution >= 0.6 is 0 Å². The van der Waals surface area contributed by atoms with Gasteiger partial charge in [0, 0.05) is 0 Å². The van der Waals surface area contributed by atoms with Gasteiger partial charge in [-0.3, -0.25) is 20.2 Å². The summed E-state index contributed by atoms with van der Waals surface area (Å²) in [6.07, 6.45) is 0. The SMILES string of the molecule is O=C(O)c1ccc(O[B]Oc2ccc(C(=O)O)c([N+](=O)[O-])c2)cc1[N+](=O)[O-]. The van der Waals surface area contributed by atoms with Gasteiger partial charge in [-0.1, -0.05) is 0 Å². The molecular formula is C14H8BN2O10. The molecule has 0 spiro atoms. The Balaban J connectivity index is 2.13. The number of nitro groups is 2. The first-order valence-electron chi connectivity index (χ1n) is 6.89. The second-order valence-electron chi connectivity index (χ2n) is 4.81. The van der Waals surface area contributed by atoms with Crippen LogP contribution in [0.1, 0.15) is 20.7 Å². The van der Waals surface area contributed by atoms with Crippen molar-refractivity contribution in [2.24, 2.45) is 0 Å². The number of hydrogen-bond donors (Lipinski definition) is 2. The highest BCUT2D eigenvalue weighted by molar-refractivity contribution is 6.20. The Labute approximate surface area is 150 Å². The van der Waals surface area contributed by atoms with Gasteiger partial charge in [0.1, 0.15) is 22.6 Å². The Morgan fingerprint density at radius 3 is 1.48 bits per heavy atom. The summed E-state index contributed by atoms with van der Waals surface area (Å²) in [5.41, 5.74) is -2.47. The van der Waals surface area contributed by atoms with Crippen LogP contribution in [-0.2, 0) is 0 Å². The highest BCUT2D eigenvalue weighted by Gasteiger charge is 2.22. The Morgan fingerprint density at radius 2 is 1.19 bits per heavy atom. The summed E-state index contributed by atoms with van der Waals surface area (Å²) in [6, 6.07) is 5.95. The van der Waals surface area contributed by atoms with Crippen LogP contribution in [0.3, 0.4) is 0 Å². The molecule has 0 amide bonds. The van der Waals surface area contributed by atoms with E-state index in [2.05, 4.69) is 0 Å². The normalized spacial score (nSPS) is 9.93. The van der Waals surface area contributed by atoms with Gasteiger partial charge in [-0.15, -0.1) is 0 Å². The molecule has 0 heterocycles. The molecule has 0 atom stereocenters. The van der Waals surface area contributed by atoms with Crippen molar-refractivity contribution in [2.45, 2.75) is 0 Å². The molecule has 0 fully saturated rings. The number of nitro benzene ring substituents is 2. The molecule has 0 aliphatic heterocycles. The first-order chi connectivity index (χ1) is 12.7. The maximum absolute atomic E-state index is 10.9. The van der Waals surface area contributed by atoms with Crippen molar-refractivity contribution < 1.29 is 39.0 Å². The minimum Gasteiger partial charge on any atom is -0.526 e. The molecule has 1 radical (unpaired) electrons. The van der Waals surface area contributed by atoms with Gasteiger partial charge in [0.25, 0.3) is 11.4 Å². The molecule has 0 saturated carbocycles. The van der Waals surface area contributed by atoms with E-state index in [-0.39, 0.29) is 11.5 Å². The van der Waals surface area contributed by atoms with E-state index >= 15 is 0 Å². The smallest absolute Gasteiger partial charge is 0.526 e. The number of hydrogen-bond acceptors (Lipinski definition) is 8. The second kappa shape index (κ2) is 7.82. The van der Waals surface area contributed by atoms with Crippen LogP contribution in [0, 0.1) is 20.2 Å². The zero-order chi connectivity index (χ0) is 20.1.